The molecule has 0 unspecified atom stereocenters. The van der Waals surface area contributed by atoms with Crippen LogP contribution in [-0.2, 0) is 0 Å². The minimum absolute atomic E-state index is 0.308. The van der Waals surface area contributed by atoms with E-state index in [1.54, 1.807) is 47.8 Å². The number of hydrogen-bond acceptors (Lipinski definition) is 5. The molecular formula is C21H16N6O. The van der Waals surface area contributed by atoms with Crippen molar-refractivity contribution in [1.29, 1.82) is 0 Å². The van der Waals surface area contributed by atoms with Crippen LogP contribution in [0.1, 0.15) is 15.9 Å². The zero-order valence-corrected chi connectivity index (χ0v) is 14.8. The monoisotopic (exact) mass is 368 g/mol. The zero-order chi connectivity index (χ0) is 19.2. The number of para-hydroxylation sites is 1. The van der Waals surface area contributed by atoms with E-state index in [2.05, 4.69) is 25.6 Å². The van der Waals surface area contributed by atoms with Gasteiger partial charge >= 0.3 is 0 Å². The summed E-state index contributed by atoms with van der Waals surface area (Å²) in [5.41, 5.74) is 6.27. The first-order valence-corrected chi connectivity index (χ1v) is 8.60. The standard InChI is InChI=1S/C21H16N6O/c28-21(16-8-11-22-12-9-16)25-24-14-18-15-27(19-6-2-1-3-7-19)26-20(18)17-5-4-10-23-13-17/h1-15H,(H,25,28)/b24-14+. The number of carbonyl (C=O) groups excluding carboxylic acids is 1. The summed E-state index contributed by atoms with van der Waals surface area (Å²) in [7, 11) is 0. The number of hydrogen-bond donors (Lipinski definition) is 1. The lowest BCUT2D eigenvalue weighted by Gasteiger charge is -2.00. The molecule has 0 bridgehead atoms. The molecule has 3 heterocycles. The Morgan fingerprint density at radius 1 is 0.964 bits per heavy atom. The Labute approximate surface area is 161 Å². The molecule has 0 spiro atoms. The van der Waals surface area contributed by atoms with Gasteiger partial charge < -0.3 is 0 Å². The summed E-state index contributed by atoms with van der Waals surface area (Å²) in [6, 6.07) is 16.8. The van der Waals surface area contributed by atoms with Gasteiger partial charge in [0.05, 0.1) is 11.9 Å². The molecule has 0 saturated heterocycles. The number of aromatic nitrogens is 4. The van der Waals surface area contributed by atoms with E-state index in [-0.39, 0.29) is 5.91 Å². The highest BCUT2D eigenvalue weighted by atomic mass is 16.2. The third kappa shape index (κ3) is 3.83. The Kier molecular flexibility index (Phi) is 4.97. The number of nitrogens with one attached hydrogen (secondary N) is 1. The van der Waals surface area contributed by atoms with Crippen molar-refractivity contribution in [3.05, 3.63) is 96.7 Å². The predicted molar refractivity (Wildman–Crippen MR) is 106 cm³/mol. The van der Waals surface area contributed by atoms with E-state index in [1.807, 2.05) is 48.7 Å². The molecule has 4 aromatic rings. The molecule has 4 rings (SSSR count). The van der Waals surface area contributed by atoms with Crippen LogP contribution in [0, 0.1) is 0 Å². The molecule has 28 heavy (non-hydrogen) atoms. The third-order valence-corrected chi connectivity index (χ3v) is 4.01. The highest BCUT2D eigenvalue weighted by molar-refractivity contribution is 5.95. The van der Waals surface area contributed by atoms with E-state index in [9.17, 15) is 4.79 Å². The van der Waals surface area contributed by atoms with E-state index in [4.69, 9.17) is 0 Å². The van der Waals surface area contributed by atoms with E-state index in [1.165, 1.54) is 0 Å². The smallest absolute Gasteiger partial charge is 0.267 e. The number of carbonyl (C=O) groups is 1. The number of amides is 1. The van der Waals surface area contributed by atoms with Crippen LogP contribution in [0.2, 0.25) is 0 Å². The van der Waals surface area contributed by atoms with Gasteiger partial charge in [0.15, 0.2) is 0 Å². The lowest BCUT2D eigenvalue weighted by atomic mass is 10.1. The van der Waals surface area contributed by atoms with Crippen molar-refractivity contribution in [2.45, 2.75) is 0 Å². The molecule has 0 aliphatic carbocycles. The third-order valence-electron chi connectivity index (χ3n) is 4.01. The van der Waals surface area contributed by atoms with Gasteiger partial charge in [0.2, 0.25) is 0 Å². The Morgan fingerprint density at radius 3 is 2.54 bits per heavy atom. The number of rotatable bonds is 5. The van der Waals surface area contributed by atoms with Crippen molar-refractivity contribution in [2.75, 3.05) is 0 Å². The molecule has 0 atom stereocenters. The van der Waals surface area contributed by atoms with Crippen LogP contribution in [0.5, 0.6) is 0 Å². The highest BCUT2D eigenvalue weighted by Crippen LogP contribution is 2.21. The summed E-state index contributed by atoms with van der Waals surface area (Å²) < 4.78 is 1.77. The maximum Gasteiger partial charge on any atom is 0.271 e. The first-order chi connectivity index (χ1) is 13.8. The maximum atomic E-state index is 12.1. The molecule has 7 nitrogen and oxygen atoms in total. The van der Waals surface area contributed by atoms with Crippen LogP contribution in [0.4, 0.5) is 0 Å². The van der Waals surface area contributed by atoms with Crippen LogP contribution in [0.3, 0.4) is 0 Å². The van der Waals surface area contributed by atoms with E-state index < -0.39 is 0 Å². The maximum absolute atomic E-state index is 12.1. The molecule has 0 radical (unpaired) electrons. The lowest BCUT2D eigenvalue weighted by Crippen LogP contribution is -2.17. The van der Waals surface area contributed by atoms with Crippen molar-refractivity contribution in [3.63, 3.8) is 0 Å². The number of benzene rings is 1. The van der Waals surface area contributed by atoms with Gasteiger partial charge in [-0.2, -0.15) is 10.2 Å². The quantitative estimate of drug-likeness (QED) is 0.433. The molecule has 1 N–H and O–H groups in total. The van der Waals surface area contributed by atoms with Crippen LogP contribution in [0.15, 0.2) is 90.7 Å². The molecule has 0 aliphatic heterocycles. The minimum atomic E-state index is -0.308. The van der Waals surface area contributed by atoms with Crippen LogP contribution in [-0.4, -0.2) is 31.9 Å². The summed E-state index contributed by atoms with van der Waals surface area (Å²) in [6.07, 6.45) is 10.0. The predicted octanol–water partition coefficient (Wildman–Crippen LogP) is 3.09. The first-order valence-electron chi connectivity index (χ1n) is 8.60. The molecule has 0 saturated carbocycles. The first kappa shape index (κ1) is 17.3. The summed E-state index contributed by atoms with van der Waals surface area (Å²) >= 11 is 0. The lowest BCUT2D eigenvalue weighted by molar-refractivity contribution is 0.0955. The van der Waals surface area contributed by atoms with Crippen molar-refractivity contribution < 1.29 is 4.79 Å². The SMILES string of the molecule is O=C(N/N=C/c1cn(-c2ccccc2)nc1-c1cccnc1)c1ccncc1. The summed E-state index contributed by atoms with van der Waals surface area (Å²) in [5, 5.41) is 8.76. The molecule has 136 valence electrons. The second-order valence-corrected chi connectivity index (χ2v) is 5.89. The van der Waals surface area contributed by atoms with Crippen LogP contribution >= 0.6 is 0 Å². The van der Waals surface area contributed by atoms with Gasteiger partial charge in [0, 0.05) is 47.7 Å². The van der Waals surface area contributed by atoms with Crippen molar-refractivity contribution in [2.24, 2.45) is 5.10 Å². The van der Waals surface area contributed by atoms with Crippen molar-refractivity contribution >= 4 is 12.1 Å². The zero-order valence-electron chi connectivity index (χ0n) is 14.8. The Morgan fingerprint density at radius 2 is 1.79 bits per heavy atom. The molecule has 0 aliphatic rings. The molecule has 7 heteroatoms. The Bertz CT molecular complexity index is 1090. The highest BCUT2D eigenvalue weighted by Gasteiger charge is 2.11. The van der Waals surface area contributed by atoms with Crippen molar-refractivity contribution in [1.82, 2.24) is 25.2 Å². The summed E-state index contributed by atoms with van der Waals surface area (Å²) in [5.74, 6) is -0.308. The minimum Gasteiger partial charge on any atom is -0.267 e. The van der Waals surface area contributed by atoms with Gasteiger partial charge in [-0.15, -0.1) is 0 Å². The fourth-order valence-corrected chi connectivity index (χ4v) is 2.65. The second-order valence-electron chi connectivity index (χ2n) is 5.89. The average molecular weight is 368 g/mol. The fourth-order valence-electron chi connectivity index (χ4n) is 2.65. The molecule has 1 aromatic carbocycles. The fraction of sp³-hybridized carbons (Fsp3) is 0. The van der Waals surface area contributed by atoms with E-state index >= 15 is 0 Å². The van der Waals surface area contributed by atoms with Gasteiger partial charge in [0.1, 0.15) is 5.69 Å². The van der Waals surface area contributed by atoms with E-state index in [0.717, 1.165) is 22.5 Å². The van der Waals surface area contributed by atoms with E-state index in [0.29, 0.717) is 5.56 Å². The normalized spacial score (nSPS) is 10.9. The average Bonchev–Trinajstić information content (AvgIpc) is 3.20. The summed E-state index contributed by atoms with van der Waals surface area (Å²) in [4.78, 5) is 20.2. The number of hydrazone groups is 1. The molecule has 1 amide bonds. The molecule has 3 aromatic heterocycles. The van der Waals surface area contributed by atoms with Gasteiger partial charge in [-0.05, 0) is 36.4 Å². The largest absolute Gasteiger partial charge is 0.271 e. The number of pyridine rings is 2. The van der Waals surface area contributed by atoms with Gasteiger partial charge in [-0.25, -0.2) is 10.1 Å². The second kappa shape index (κ2) is 8.05. The summed E-state index contributed by atoms with van der Waals surface area (Å²) in [6.45, 7) is 0. The van der Waals surface area contributed by atoms with Gasteiger partial charge in [0.25, 0.3) is 5.91 Å². The number of nitrogens with zero attached hydrogens (tertiary/aromatic N) is 5. The topological polar surface area (TPSA) is 85.1 Å². The van der Waals surface area contributed by atoms with Gasteiger partial charge in [-0.1, -0.05) is 18.2 Å². The van der Waals surface area contributed by atoms with Crippen LogP contribution in [0.25, 0.3) is 16.9 Å². The molecular weight excluding hydrogens is 352 g/mol. The van der Waals surface area contributed by atoms with Gasteiger partial charge in [-0.3, -0.25) is 14.8 Å². The van der Waals surface area contributed by atoms with Crippen molar-refractivity contribution in [3.8, 4) is 16.9 Å². The molecule has 0 fully saturated rings. The van der Waals surface area contributed by atoms with Crippen LogP contribution < -0.4 is 5.43 Å². The Balaban J connectivity index is 1.63. The Hall–Kier alpha value is -4.13.